The molecule has 0 aliphatic carbocycles. The van der Waals surface area contributed by atoms with Crippen molar-refractivity contribution in [3.8, 4) is 11.3 Å². The molecule has 5 heteroatoms. The van der Waals surface area contributed by atoms with Gasteiger partial charge in [0.1, 0.15) is 5.82 Å². The normalized spacial score (nSPS) is 16.8. The second kappa shape index (κ2) is 8.30. The van der Waals surface area contributed by atoms with Gasteiger partial charge in [-0.15, -0.1) is 0 Å². The highest BCUT2D eigenvalue weighted by molar-refractivity contribution is 5.79. The van der Waals surface area contributed by atoms with Gasteiger partial charge < -0.3 is 4.90 Å². The van der Waals surface area contributed by atoms with Crippen LogP contribution >= 0.6 is 0 Å². The molecule has 3 aromatic rings. The molecule has 28 heavy (non-hydrogen) atoms. The molecule has 1 atom stereocenters. The van der Waals surface area contributed by atoms with E-state index >= 15 is 0 Å². The summed E-state index contributed by atoms with van der Waals surface area (Å²) in [6, 6.07) is 16.4. The number of benzene rings is 2. The fourth-order valence-electron chi connectivity index (χ4n) is 3.82. The van der Waals surface area contributed by atoms with Gasteiger partial charge in [-0.2, -0.15) is 0 Å². The molecule has 1 aliphatic heterocycles. The number of rotatable bonds is 4. The van der Waals surface area contributed by atoms with Crippen LogP contribution in [0.3, 0.4) is 0 Å². The lowest BCUT2D eigenvalue weighted by Gasteiger charge is -2.33. The van der Waals surface area contributed by atoms with E-state index in [4.69, 9.17) is 0 Å². The Morgan fingerprint density at radius 2 is 1.79 bits per heavy atom. The van der Waals surface area contributed by atoms with Gasteiger partial charge in [0.25, 0.3) is 0 Å². The number of hydrogen-bond acceptors (Lipinski definition) is 3. The molecule has 0 bridgehead atoms. The van der Waals surface area contributed by atoms with Crippen molar-refractivity contribution in [1.82, 2.24) is 14.9 Å². The molecular weight excluding hydrogens is 353 g/mol. The summed E-state index contributed by atoms with van der Waals surface area (Å²) in [7, 11) is 0. The molecule has 1 saturated heterocycles. The van der Waals surface area contributed by atoms with Crippen molar-refractivity contribution in [2.75, 3.05) is 13.1 Å². The minimum atomic E-state index is -0.308. The SMILES string of the molecule is O=C(Cc1ccccc1)N1CCC[C@@H](c2nccnc2-c2ccccc2F)C1. The molecule has 0 N–H and O–H groups in total. The fourth-order valence-corrected chi connectivity index (χ4v) is 3.82. The van der Waals surface area contributed by atoms with Gasteiger partial charge in [-0.1, -0.05) is 42.5 Å². The molecule has 142 valence electrons. The summed E-state index contributed by atoms with van der Waals surface area (Å²) in [6.45, 7) is 1.34. The van der Waals surface area contributed by atoms with E-state index in [1.807, 2.05) is 35.2 Å². The lowest BCUT2D eigenvalue weighted by Crippen LogP contribution is -2.40. The standard InChI is InChI=1S/C23H22FN3O/c24-20-11-5-4-10-19(20)23-22(25-12-13-26-23)18-9-6-14-27(16-18)21(28)15-17-7-2-1-3-8-17/h1-5,7-8,10-13,18H,6,9,14-16H2/t18-/m1/s1. The van der Waals surface area contributed by atoms with Crippen LogP contribution in [0.25, 0.3) is 11.3 Å². The first-order chi connectivity index (χ1) is 13.7. The maximum Gasteiger partial charge on any atom is 0.227 e. The van der Waals surface area contributed by atoms with Crippen molar-refractivity contribution in [3.05, 3.63) is 84.1 Å². The summed E-state index contributed by atoms with van der Waals surface area (Å²) in [5, 5.41) is 0. The van der Waals surface area contributed by atoms with E-state index in [2.05, 4.69) is 9.97 Å². The lowest BCUT2D eigenvalue weighted by atomic mass is 9.91. The number of carbonyl (C=O) groups is 1. The molecule has 4 nitrogen and oxygen atoms in total. The van der Waals surface area contributed by atoms with Crippen LogP contribution in [0.5, 0.6) is 0 Å². The van der Waals surface area contributed by atoms with Crippen LogP contribution in [0.15, 0.2) is 67.0 Å². The Morgan fingerprint density at radius 1 is 1.04 bits per heavy atom. The van der Waals surface area contributed by atoms with Crippen LogP contribution in [-0.4, -0.2) is 33.9 Å². The minimum absolute atomic E-state index is 0.0526. The molecule has 1 fully saturated rings. The number of amides is 1. The zero-order valence-corrected chi connectivity index (χ0v) is 15.6. The van der Waals surface area contributed by atoms with Gasteiger partial charge in [0.15, 0.2) is 0 Å². The molecule has 1 amide bonds. The van der Waals surface area contributed by atoms with E-state index in [-0.39, 0.29) is 17.6 Å². The van der Waals surface area contributed by atoms with Crippen molar-refractivity contribution < 1.29 is 9.18 Å². The van der Waals surface area contributed by atoms with E-state index in [1.54, 1.807) is 30.6 Å². The molecule has 2 aromatic carbocycles. The van der Waals surface area contributed by atoms with Crippen molar-refractivity contribution in [2.45, 2.75) is 25.2 Å². The van der Waals surface area contributed by atoms with Gasteiger partial charge in [-0.25, -0.2) is 4.39 Å². The summed E-state index contributed by atoms with van der Waals surface area (Å²) in [5.41, 5.74) is 2.81. The Balaban J connectivity index is 1.56. The minimum Gasteiger partial charge on any atom is -0.342 e. The van der Waals surface area contributed by atoms with Gasteiger partial charge >= 0.3 is 0 Å². The summed E-state index contributed by atoms with van der Waals surface area (Å²) in [5.74, 6) is -0.138. The van der Waals surface area contributed by atoms with Crippen LogP contribution in [0.1, 0.15) is 30.0 Å². The van der Waals surface area contributed by atoms with E-state index in [0.717, 1.165) is 30.6 Å². The molecule has 2 heterocycles. The van der Waals surface area contributed by atoms with Crippen molar-refractivity contribution >= 4 is 5.91 Å². The van der Waals surface area contributed by atoms with Gasteiger partial charge in [0.2, 0.25) is 5.91 Å². The van der Waals surface area contributed by atoms with Crippen molar-refractivity contribution in [1.29, 1.82) is 0 Å². The highest BCUT2D eigenvalue weighted by Gasteiger charge is 2.28. The van der Waals surface area contributed by atoms with Gasteiger partial charge in [0, 0.05) is 37.0 Å². The molecule has 0 unspecified atom stereocenters. The third-order valence-electron chi connectivity index (χ3n) is 5.21. The molecule has 4 rings (SSSR count). The van der Waals surface area contributed by atoms with E-state index in [1.165, 1.54) is 6.07 Å². The summed E-state index contributed by atoms with van der Waals surface area (Å²) in [4.78, 5) is 23.6. The zero-order valence-electron chi connectivity index (χ0n) is 15.6. The second-order valence-corrected chi connectivity index (χ2v) is 7.11. The third kappa shape index (κ3) is 3.93. The maximum absolute atomic E-state index is 14.3. The molecule has 0 spiro atoms. The smallest absolute Gasteiger partial charge is 0.227 e. The van der Waals surface area contributed by atoms with Gasteiger partial charge in [0.05, 0.1) is 17.8 Å². The number of likely N-dealkylation sites (tertiary alicyclic amines) is 1. The first kappa shape index (κ1) is 18.3. The largest absolute Gasteiger partial charge is 0.342 e. The molecular formula is C23H22FN3O. The van der Waals surface area contributed by atoms with Gasteiger partial charge in [-0.05, 0) is 30.5 Å². The van der Waals surface area contributed by atoms with E-state index in [9.17, 15) is 9.18 Å². The summed E-state index contributed by atoms with van der Waals surface area (Å²) in [6.07, 6.45) is 5.44. The first-order valence-corrected chi connectivity index (χ1v) is 9.60. The molecule has 1 aromatic heterocycles. The Bertz CT molecular complexity index is 961. The summed E-state index contributed by atoms with van der Waals surface area (Å²) >= 11 is 0. The topological polar surface area (TPSA) is 46.1 Å². The number of nitrogens with zero attached hydrogens (tertiary/aromatic N) is 3. The van der Waals surface area contributed by atoms with Crippen LogP contribution in [0.4, 0.5) is 4.39 Å². The zero-order chi connectivity index (χ0) is 19.3. The molecule has 1 aliphatic rings. The summed E-state index contributed by atoms with van der Waals surface area (Å²) < 4.78 is 14.3. The van der Waals surface area contributed by atoms with E-state index in [0.29, 0.717) is 24.2 Å². The average molecular weight is 375 g/mol. The van der Waals surface area contributed by atoms with Crippen LogP contribution in [0, 0.1) is 5.82 Å². The van der Waals surface area contributed by atoms with Crippen LogP contribution < -0.4 is 0 Å². The Labute approximate surface area is 164 Å². The predicted octanol–water partition coefficient (Wildman–Crippen LogP) is 4.23. The lowest BCUT2D eigenvalue weighted by molar-refractivity contribution is -0.131. The Morgan fingerprint density at radius 3 is 2.61 bits per heavy atom. The first-order valence-electron chi connectivity index (χ1n) is 9.60. The van der Waals surface area contributed by atoms with E-state index < -0.39 is 0 Å². The molecule has 0 radical (unpaired) electrons. The fraction of sp³-hybridized carbons (Fsp3) is 0.261. The highest BCUT2D eigenvalue weighted by atomic mass is 19.1. The number of aromatic nitrogens is 2. The van der Waals surface area contributed by atoms with Crippen LogP contribution in [0.2, 0.25) is 0 Å². The quantitative estimate of drug-likeness (QED) is 0.685. The third-order valence-corrected chi connectivity index (χ3v) is 5.21. The highest BCUT2D eigenvalue weighted by Crippen LogP contribution is 2.32. The molecule has 0 saturated carbocycles. The van der Waals surface area contributed by atoms with Gasteiger partial charge in [-0.3, -0.25) is 14.8 Å². The Kier molecular flexibility index (Phi) is 5.42. The Hall–Kier alpha value is -3.08. The predicted molar refractivity (Wildman–Crippen MR) is 106 cm³/mol. The van der Waals surface area contributed by atoms with Crippen LogP contribution in [-0.2, 0) is 11.2 Å². The number of hydrogen-bond donors (Lipinski definition) is 0. The second-order valence-electron chi connectivity index (χ2n) is 7.11. The maximum atomic E-state index is 14.3. The number of piperidine rings is 1. The van der Waals surface area contributed by atoms with Crippen molar-refractivity contribution in [2.24, 2.45) is 0 Å². The number of carbonyl (C=O) groups excluding carboxylic acids is 1. The average Bonchev–Trinajstić information content (AvgIpc) is 2.75. The monoisotopic (exact) mass is 375 g/mol. The van der Waals surface area contributed by atoms with Crippen molar-refractivity contribution in [3.63, 3.8) is 0 Å². The number of halogens is 1.